The van der Waals surface area contributed by atoms with Crippen LogP contribution in [-0.4, -0.2) is 22.4 Å². The van der Waals surface area contributed by atoms with E-state index in [0.29, 0.717) is 0 Å². The Bertz CT molecular complexity index is 126. The Hall–Kier alpha value is -0.0800. The van der Waals surface area contributed by atoms with Gasteiger partial charge in [0.2, 0.25) is 0 Å². The molecule has 0 aliphatic rings. The number of rotatable bonds is 10. The zero-order chi connectivity index (χ0) is 11.5. The van der Waals surface area contributed by atoms with Gasteiger partial charge in [0.25, 0.3) is 0 Å². The third-order valence-corrected chi connectivity index (χ3v) is 2.84. The zero-order valence-electron chi connectivity index (χ0n) is 10.4. The molecule has 0 fully saturated rings. The summed E-state index contributed by atoms with van der Waals surface area (Å²) < 4.78 is 0. The van der Waals surface area contributed by atoms with E-state index in [0.717, 1.165) is 44.9 Å². The SMILES string of the molecule is CCCCC[C@H](O)CCC[C@H](O)CCC. The molecule has 2 nitrogen and oxygen atoms in total. The van der Waals surface area contributed by atoms with Crippen LogP contribution in [0, 0.1) is 0 Å². The third kappa shape index (κ3) is 10.2. The quantitative estimate of drug-likeness (QED) is 0.550. The molecule has 15 heavy (non-hydrogen) atoms. The van der Waals surface area contributed by atoms with Crippen molar-refractivity contribution in [2.75, 3.05) is 0 Å². The molecule has 2 heteroatoms. The highest BCUT2D eigenvalue weighted by atomic mass is 16.3. The minimum Gasteiger partial charge on any atom is -0.393 e. The summed E-state index contributed by atoms with van der Waals surface area (Å²) in [5.41, 5.74) is 0. The van der Waals surface area contributed by atoms with Crippen molar-refractivity contribution in [1.29, 1.82) is 0 Å². The highest BCUT2D eigenvalue weighted by molar-refractivity contribution is 4.60. The van der Waals surface area contributed by atoms with Gasteiger partial charge in [-0.05, 0) is 32.1 Å². The lowest BCUT2D eigenvalue weighted by molar-refractivity contribution is 0.122. The van der Waals surface area contributed by atoms with Crippen LogP contribution in [0.5, 0.6) is 0 Å². The van der Waals surface area contributed by atoms with E-state index in [1.54, 1.807) is 0 Å². The van der Waals surface area contributed by atoms with Crippen LogP contribution >= 0.6 is 0 Å². The van der Waals surface area contributed by atoms with Gasteiger partial charge in [-0.15, -0.1) is 0 Å². The summed E-state index contributed by atoms with van der Waals surface area (Å²) in [5, 5.41) is 19.1. The van der Waals surface area contributed by atoms with Gasteiger partial charge >= 0.3 is 0 Å². The second-order valence-electron chi connectivity index (χ2n) is 4.52. The first-order chi connectivity index (χ1) is 7.20. The first-order valence-electron chi connectivity index (χ1n) is 6.56. The predicted molar refractivity (Wildman–Crippen MR) is 64.9 cm³/mol. The molecule has 0 bridgehead atoms. The molecule has 92 valence electrons. The van der Waals surface area contributed by atoms with Gasteiger partial charge in [0.15, 0.2) is 0 Å². The van der Waals surface area contributed by atoms with E-state index in [1.165, 1.54) is 12.8 Å². The molecule has 0 saturated carbocycles. The minimum absolute atomic E-state index is 0.148. The maximum atomic E-state index is 9.64. The lowest BCUT2D eigenvalue weighted by atomic mass is 10.0. The summed E-state index contributed by atoms with van der Waals surface area (Å²) in [7, 11) is 0. The molecule has 0 amide bonds. The summed E-state index contributed by atoms with van der Waals surface area (Å²) in [6.45, 7) is 4.26. The summed E-state index contributed by atoms with van der Waals surface area (Å²) in [4.78, 5) is 0. The Morgan fingerprint density at radius 3 is 1.73 bits per heavy atom. The maximum Gasteiger partial charge on any atom is 0.0540 e. The molecule has 0 radical (unpaired) electrons. The van der Waals surface area contributed by atoms with Gasteiger partial charge in [0.05, 0.1) is 12.2 Å². The second kappa shape index (κ2) is 10.4. The number of unbranched alkanes of at least 4 members (excludes halogenated alkanes) is 2. The van der Waals surface area contributed by atoms with Crippen molar-refractivity contribution in [2.24, 2.45) is 0 Å². The topological polar surface area (TPSA) is 40.5 Å². The van der Waals surface area contributed by atoms with Crippen LogP contribution < -0.4 is 0 Å². The highest BCUT2D eigenvalue weighted by Gasteiger charge is 2.06. The van der Waals surface area contributed by atoms with Gasteiger partial charge in [0, 0.05) is 0 Å². The predicted octanol–water partition coefficient (Wildman–Crippen LogP) is 3.26. The molecule has 0 aromatic rings. The van der Waals surface area contributed by atoms with E-state index in [4.69, 9.17) is 0 Å². The molecule has 0 aromatic carbocycles. The van der Waals surface area contributed by atoms with Gasteiger partial charge in [-0.2, -0.15) is 0 Å². The Morgan fingerprint density at radius 2 is 1.20 bits per heavy atom. The number of hydrogen-bond acceptors (Lipinski definition) is 2. The van der Waals surface area contributed by atoms with Crippen LogP contribution in [0.4, 0.5) is 0 Å². The van der Waals surface area contributed by atoms with E-state index < -0.39 is 0 Å². The normalized spacial score (nSPS) is 15.2. The Labute approximate surface area is 94.7 Å². The summed E-state index contributed by atoms with van der Waals surface area (Å²) >= 11 is 0. The summed E-state index contributed by atoms with van der Waals surface area (Å²) in [6, 6.07) is 0. The standard InChI is InChI=1S/C13H28O2/c1-3-5-6-9-13(15)11-7-10-12(14)8-4-2/h12-15H,3-11H2,1-2H3/t12-,13+/m1/s1. The van der Waals surface area contributed by atoms with Crippen LogP contribution in [0.15, 0.2) is 0 Å². The number of hydrogen-bond donors (Lipinski definition) is 2. The molecular weight excluding hydrogens is 188 g/mol. The van der Waals surface area contributed by atoms with Crippen LogP contribution in [0.2, 0.25) is 0 Å². The van der Waals surface area contributed by atoms with Gasteiger partial charge in [-0.25, -0.2) is 0 Å². The summed E-state index contributed by atoms with van der Waals surface area (Å²) in [5.74, 6) is 0. The highest BCUT2D eigenvalue weighted by Crippen LogP contribution is 2.12. The number of aliphatic hydroxyl groups excluding tert-OH is 2. The Morgan fingerprint density at radius 1 is 0.667 bits per heavy atom. The first-order valence-corrected chi connectivity index (χ1v) is 6.56. The van der Waals surface area contributed by atoms with Crippen molar-refractivity contribution >= 4 is 0 Å². The van der Waals surface area contributed by atoms with Crippen molar-refractivity contribution in [3.8, 4) is 0 Å². The zero-order valence-corrected chi connectivity index (χ0v) is 10.4. The van der Waals surface area contributed by atoms with Crippen LogP contribution in [0.25, 0.3) is 0 Å². The van der Waals surface area contributed by atoms with E-state index in [9.17, 15) is 10.2 Å². The van der Waals surface area contributed by atoms with Crippen LogP contribution in [-0.2, 0) is 0 Å². The van der Waals surface area contributed by atoms with Crippen molar-refractivity contribution in [3.63, 3.8) is 0 Å². The maximum absolute atomic E-state index is 9.64. The third-order valence-electron chi connectivity index (χ3n) is 2.84. The Kier molecular flexibility index (Phi) is 10.4. The molecule has 0 saturated heterocycles. The molecule has 0 rings (SSSR count). The van der Waals surface area contributed by atoms with E-state index in [2.05, 4.69) is 13.8 Å². The molecule has 2 atom stereocenters. The van der Waals surface area contributed by atoms with E-state index >= 15 is 0 Å². The fraction of sp³-hybridized carbons (Fsp3) is 1.00. The van der Waals surface area contributed by atoms with Crippen molar-refractivity contribution < 1.29 is 10.2 Å². The monoisotopic (exact) mass is 216 g/mol. The fourth-order valence-corrected chi connectivity index (χ4v) is 1.84. The fourth-order valence-electron chi connectivity index (χ4n) is 1.84. The second-order valence-corrected chi connectivity index (χ2v) is 4.52. The van der Waals surface area contributed by atoms with Gasteiger partial charge in [0.1, 0.15) is 0 Å². The van der Waals surface area contributed by atoms with E-state index in [-0.39, 0.29) is 12.2 Å². The minimum atomic E-state index is -0.155. The van der Waals surface area contributed by atoms with E-state index in [1.807, 2.05) is 0 Å². The van der Waals surface area contributed by atoms with Crippen molar-refractivity contribution in [2.45, 2.75) is 83.8 Å². The molecule has 0 unspecified atom stereocenters. The molecular formula is C13H28O2. The van der Waals surface area contributed by atoms with Crippen molar-refractivity contribution in [3.05, 3.63) is 0 Å². The largest absolute Gasteiger partial charge is 0.393 e. The molecule has 0 heterocycles. The molecule has 0 aromatic heterocycles. The smallest absolute Gasteiger partial charge is 0.0540 e. The molecule has 0 aliphatic heterocycles. The van der Waals surface area contributed by atoms with Gasteiger partial charge in [-0.3, -0.25) is 0 Å². The molecule has 0 aliphatic carbocycles. The van der Waals surface area contributed by atoms with Gasteiger partial charge in [-0.1, -0.05) is 39.5 Å². The first kappa shape index (κ1) is 14.9. The Balaban J connectivity index is 3.26. The molecule has 2 N–H and O–H groups in total. The lowest BCUT2D eigenvalue weighted by Gasteiger charge is -2.12. The van der Waals surface area contributed by atoms with Gasteiger partial charge < -0.3 is 10.2 Å². The average molecular weight is 216 g/mol. The average Bonchev–Trinajstić information content (AvgIpc) is 2.18. The van der Waals surface area contributed by atoms with Crippen LogP contribution in [0.1, 0.15) is 71.6 Å². The number of aliphatic hydroxyl groups is 2. The lowest BCUT2D eigenvalue weighted by Crippen LogP contribution is -2.10. The van der Waals surface area contributed by atoms with Crippen LogP contribution in [0.3, 0.4) is 0 Å². The van der Waals surface area contributed by atoms with Crippen molar-refractivity contribution in [1.82, 2.24) is 0 Å². The molecule has 0 spiro atoms. The summed E-state index contributed by atoms with van der Waals surface area (Å²) in [6.07, 6.45) is 8.77.